The summed E-state index contributed by atoms with van der Waals surface area (Å²) in [7, 11) is 0. The van der Waals surface area contributed by atoms with Gasteiger partial charge < -0.3 is 5.32 Å². The summed E-state index contributed by atoms with van der Waals surface area (Å²) in [6.45, 7) is 7.23. The number of nitrogens with zero attached hydrogens (tertiary/aromatic N) is 3. The van der Waals surface area contributed by atoms with E-state index in [0.717, 1.165) is 18.4 Å². The summed E-state index contributed by atoms with van der Waals surface area (Å²) in [5, 5.41) is 3.22. The topological polar surface area (TPSA) is 66.7 Å². The molecule has 2 aromatic heterocycles. The molecule has 0 spiro atoms. The lowest BCUT2D eigenvalue weighted by atomic mass is 10.2. The summed E-state index contributed by atoms with van der Waals surface area (Å²) >= 11 is 6.55. The molecule has 1 aliphatic heterocycles. The molecule has 1 amide bonds. The Morgan fingerprint density at radius 1 is 1.30 bits per heavy atom. The molecule has 0 aromatic carbocycles. The fraction of sp³-hybridized carbons (Fsp3) is 0.368. The lowest BCUT2D eigenvalue weighted by Crippen LogP contribution is -2.28. The first-order valence-electron chi connectivity index (χ1n) is 8.99. The van der Waals surface area contributed by atoms with Gasteiger partial charge in [-0.2, -0.15) is 0 Å². The zero-order valence-corrected chi connectivity index (χ0v) is 17.2. The molecule has 0 bridgehead atoms. The van der Waals surface area contributed by atoms with Crippen LogP contribution in [-0.4, -0.2) is 37.6 Å². The average molecular weight is 403 g/mol. The largest absolute Gasteiger partial charge is 0.369 e. The third-order valence-corrected chi connectivity index (χ3v) is 5.60. The lowest BCUT2D eigenvalue weighted by Gasteiger charge is -2.12. The van der Waals surface area contributed by atoms with Crippen LogP contribution in [0, 0.1) is 6.92 Å². The van der Waals surface area contributed by atoms with Crippen molar-refractivity contribution in [3.8, 4) is 0 Å². The Morgan fingerprint density at radius 2 is 2.07 bits per heavy atom. The van der Waals surface area contributed by atoms with Crippen LogP contribution in [0.15, 0.2) is 28.0 Å². The molecule has 1 aliphatic rings. The molecule has 1 N–H and O–H groups in total. The maximum atomic E-state index is 13.1. The minimum Gasteiger partial charge on any atom is -0.369 e. The van der Waals surface area contributed by atoms with Crippen molar-refractivity contribution in [3.63, 3.8) is 0 Å². The molecule has 3 rings (SSSR count). The van der Waals surface area contributed by atoms with E-state index >= 15 is 0 Å². The fourth-order valence-electron chi connectivity index (χ4n) is 2.87. The lowest BCUT2D eigenvalue weighted by molar-refractivity contribution is -0.122. The third kappa shape index (κ3) is 3.77. The normalized spacial score (nSPS) is 16.0. The van der Waals surface area contributed by atoms with Crippen molar-refractivity contribution < 1.29 is 4.79 Å². The van der Waals surface area contributed by atoms with Gasteiger partial charge in [-0.25, -0.2) is 4.98 Å². The summed E-state index contributed by atoms with van der Waals surface area (Å²) in [6.07, 6.45) is 5.04. The van der Waals surface area contributed by atoms with Crippen LogP contribution in [0.1, 0.15) is 37.8 Å². The quantitative estimate of drug-likeness (QED) is 0.590. The van der Waals surface area contributed by atoms with Crippen LogP contribution in [0.5, 0.6) is 0 Å². The van der Waals surface area contributed by atoms with E-state index in [1.54, 1.807) is 17.2 Å². The second-order valence-corrected chi connectivity index (χ2v) is 8.00. The molecular weight excluding hydrogens is 380 g/mol. The van der Waals surface area contributed by atoms with Crippen molar-refractivity contribution in [1.29, 1.82) is 0 Å². The van der Waals surface area contributed by atoms with E-state index < -0.39 is 0 Å². The molecule has 142 valence electrons. The zero-order valence-electron chi connectivity index (χ0n) is 15.6. The van der Waals surface area contributed by atoms with Crippen molar-refractivity contribution in [3.05, 3.63) is 44.7 Å². The Hall–Kier alpha value is -2.19. The number of pyridine rings is 1. The van der Waals surface area contributed by atoms with Gasteiger partial charge in [0.1, 0.15) is 15.8 Å². The van der Waals surface area contributed by atoms with E-state index in [9.17, 15) is 9.59 Å². The minimum atomic E-state index is -0.205. The van der Waals surface area contributed by atoms with Gasteiger partial charge >= 0.3 is 0 Å². The highest BCUT2D eigenvalue weighted by Crippen LogP contribution is 2.33. The maximum Gasteiger partial charge on any atom is 0.267 e. The summed E-state index contributed by atoms with van der Waals surface area (Å²) in [4.78, 5) is 32.5. The number of hydrogen-bond acceptors (Lipinski definition) is 6. The molecule has 1 saturated heterocycles. The van der Waals surface area contributed by atoms with E-state index in [0.29, 0.717) is 39.3 Å². The second kappa shape index (κ2) is 8.22. The highest BCUT2D eigenvalue weighted by Gasteiger charge is 2.31. The predicted octanol–water partition coefficient (Wildman–Crippen LogP) is 3.44. The molecule has 3 heterocycles. The first-order chi connectivity index (χ1) is 13.0. The molecule has 0 unspecified atom stereocenters. The second-order valence-electron chi connectivity index (χ2n) is 6.32. The number of anilines is 1. The molecule has 0 radical (unpaired) electrons. The SMILES string of the molecule is CCCNc1nc2c(C)cccn2c(=O)c1/C=C1/SC(=S)N(CCC)C1=O. The number of nitrogens with one attached hydrogen (secondary N) is 1. The van der Waals surface area contributed by atoms with Gasteiger partial charge in [-0.15, -0.1) is 0 Å². The molecule has 0 aliphatic carbocycles. The van der Waals surface area contributed by atoms with Gasteiger partial charge in [0.25, 0.3) is 11.5 Å². The number of fused-ring (bicyclic) bond motifs is 1. The van der Waals surface area contributed by atoms with Gasteiger partial charge in [-0.1, -0.05) is 43.9 Å². The number of amides is 1. The van der Waals surface area contributed by atoms with Gasteiger partial charge in [0.15, 0.2) is 0 Å². The number of carbonyl (C=O) groups excluding carboxylic acids is 1. The molecule has 0 saturated carbocycles. The van der Waals surface area contributed by atoms with Gasteiger partial charge in [-0.05, 0) is 37.5 Å². The Labute approximate surface area is 167 Å². The van der Waals surface area contributed by atoms with Crippen molar-refractivity contribution in [2.75, 3.05) is 18.4 Å². The van der Waals surface area contributed by atoms with Crippen LogP contribution in [0.2, 0.25) is 0 Å². The van der Waals surface area contributed by atoms with Gasteiger partial charge in [0.2, 0.25) is 0 Å². The van der Waals surface area contributed by atoms with Crippen molar-refractivity contribution in [1.82, 2.24) is 14.3 Å². The highest BCUT2D eigenvalue weighted by atomic mass is 32.2. The first-order valence-corrected chi connectivity index (χ1v) is 10.2. The number of rotatable bonds is 6. The van der Waals surface area contributed by atoms with E-state index in [2.05, 4.69) is 10.3 Å². The Bertz CT molecular complexity index is 997. The molecule has 0 atom stereocenters. The average Bonchev–Trinajstić information content (AvgIpc) is 2.91. The molecule has 2 aromatic rings. The number of carbonyl (C=O) groups is 1. The smallest absolute Gasteiger partial charge is 0.267 e. The number of thioether (sulfide) groups is 1. The summed E-state index contributed by atoms with van der Waals surface area (Å²) in [6, 6.07) is 3.73. The van der Waals surface area contributed by atoms with E-state index in [-0.39, 0.29) is 11.5 Å². The van der Waals surface area contributed by atoms with Crippen molar-refractivity contribution in [2.45, 2.75) is 33.6 Å². The van der Waals surface area contributed by atoms with Gasteiger partial charge in [0.05, 0.1) is 10.5 Å². The number of aryl methyl sites for hydroxylation is 1. The van der Waals surface area contributed by atoms with Crippen LogP contribution < -0.4 is 10.9 Å². The Morgan fingerprint density at radius 3 is 2.78 bits per heavy atom. The molecule has 6 nitrogen and oxygen atoms in total. The third-order valence-electron chi connectivity index (χ3n) is 4.22. The van der Waals surface area contributed by atoms with Crippen LogP contribution in [-0.2, 0) is 4.79 Å². The number of thiocarbonyl (C=S) groups is 1. The predicted molar refractivity (Wildman–Crippen MR) is 115 cm³/mol. The zero-order chi connectivity index (χ0) is 19.6. The van der Waals surface area contributed by atoms with Crippen molar-refractivity contribution in [2.24, 2.45) is 0 Å². The summed E-state index contributed by atoms with van der Waals surface area (Å²) in [5.41, 5.74) is 1.69. The standard InChI is InChI=1S/C19H22N4O2S2/c1-4-8-20-15-13(11-14-18(25)23(9-5-2)19(26)27-14)17(24)22-10-6-7-12(3)16(22)21-15/h6-7,10-11,20H,4-5,8-9H2,1-3H3/b14-11+. The van der Waals surface area contributed by atoms with Gasteiger partial charge in [-0.3, -0.25) is 18.9 Å². The monoisotopic (exact) mass is 402 g/mol. The van der Waals surface area contributed by atoms with Crippen LogP contribution in [0.4, 0.5) is 5.82 Å². The summed E-state index contributed by atoms with van der Waals surface area (Å²) < 4.78 is 2.05. The van der Waals surface area contributed by atoms with Crippen LogP contribution in [0.3, 0.4) is 0 Å². The van der Waals surface area contributed by atoms with E-state index in [1.165, 1.54) is 16.2 Å². The van der Waals surface area contributed by atoms with Gasteiger partial charge in [0, 0.05) is 19.3 Å². The molecular formula is C19H22N4O2S2. The Balaban J connectivity index is 2.15. The fourth-order valence-corrected chi connectivity index (χ4v) is 4.16. The highest BCUT2D eigenvalue weighted by molar-refractivity contribution is 8.26. The Kier molecular flexibility index (Phi) is 5.96. The molecule has 1 fully saturated rings. The number of hydrogen-bond donors (Lipinski definition) is 1. The molecule has 8 heteroatoms. The summed E-state index contributed by atoms with van der Waals surface area (Å²) in [5.74, 6) is 0.346. The van der Waals surface area contributed by atoms with E-state index in [1.807, 2.05) is 32.9 Å². The maximum absolute atomic E-state index is 13.1. The first kappa shape index (κ1) is 19.6. The van der Waals surface area contributed by atoms with Crippen LogP contribution >= 0.6 is 24.0 Å². The van der Waals surface area contributed by atoms with E-state index in [4.69, 9.17) is 12.2 Å². The number of aromatic nitrogens is 2. The molecule has 27 heavy (non-hydrogen) atoms. The minimum absolute atomic E-state index is 0.151. The van der Waals surface area contributed by atoms with Crippen LogP contribution in [0.25, 0.3) is 11.7 Å². The van der Waals surface area contributed by atoms with Crippen molar-refractivity contribution >= 4 is 51.7 Å².